The van der Waals surface area contributed by atoms with Crippen molar-refractivity contribution in [3.8, 4) is 0 Å². The highest BCUT2D eigenvalue weighted by Crippen LogP contribution is 2.29. The Bertz CT molecular complexity index is 1270. The first-order valence-corrected chi connectivity index (χ1v) is 17.9. The number of ether oxygens (including phenoxy) is 1. The highest BCUT2D eigenvalue weighted by Gasteiger charge is 2.33. The molecule has 0 radical (unpaired) electrons. The second-order valence-electron chi connectivity index (χ2n) is 13.0. The van der Waals surface area contributed by atoms with Gasteiger partial charge in [-0.1, -0.05) is 69.4 Å². The molecule has 1 aliphatic heterocycles. The summed E-state index contributed by atoms with van der Waals surface area (Å²) in [5.41, 5.74) is 3.27. The van der Waals surface area contributed by atoms with Gasteiger partial charge in [-0.25, -0.2) is 4.98 Å². The third kappa shape index (κ3) is 11.7. The van der Waals surface area contributed by atoms with E-state index in [1.807, 2.05) is 35.7 Å². The molecule has 4 amide bonds. The van der Waals surface area contributed by atoms with Crippen molar-refractivity contribution in [1.82, 2.24) is 25.8 Å². The van der Waals surface area contributed by atoms with Gasteiger partial charge in [0.05, 0.1) is 42.5 Å². The number of thiazole rings is 1. The largest absolute Gasteiger partial charge is 0.391 e. The van der Waals surface area contributed by atoms with Crippen molar-refractivity contribution in [3.63, 3.8) is 0 Å². The molecule has 2 heterocycles. The number of carbonyl (C=O) groups excluding carboxylic acids is 4. The lowest BCUT2D eigenvalue weighted by atomic mass is 9.82. The van der Waals surface area contributed by atoms with E-state index >= 15 is 0 Å². The predicted molar refractivity (Wildman–Crippen MR) is 180 cm³/mol. The number of carbonyl (C=O) groups is 4. The van der Waals surface area contributed by atoms with E-state index in [1.165, 1.54) is 17.8 Å². The molecule has 11 nitrogen and oxygen atoms in total. The molecular formula is C35H51N5O6S. The van der Waals surface area contributed by atoms with Crippen LogP contribution in [0.15, 0.2) is 41.2 Å². The van der Waals surface area contributed by atoms with Crippen molar-refractivity contribution in [2.45, 2.75) is 89.3 Å². The van der Waals surface area contributed by atoms with E-state index in [0.717, 1.165) is 31.2 Å². The van der Waals surface area contributed by atoms with Gasteiger partial charge in [0.2, 0.25) is 23.6 Å². The van der Waals surface area contributed by atoms with Crippen molar-refractivity contribution in [3.05, 3.63) is 52.5 Å². The summed E-state index contributed by atoms with van der Waals surface area (Å²) in [4.78, 5) is 59.7. The highest BCUT2D eigenvalue weighted by molar-refractivity contribution is 7.07. The number of benzene rings is 1. The second-order valence-corrected chi connectivity index (χ2v) is 13.7. The fourth-order valence-electron chi connectivity index (χ4n) is 6.61. The molecule has 47 heavy (non-hydrogen) atoms. The summed E-state index contributed by atoms with van der Waals surface area (Å²) in [6, 6.07) is 7.99. The van der Waals surface area contributed by atoms with E-state index in [9.17, 15) is 24.3 Å². The van der Waals surface area contributed by atoms with Crippen LogP contribution in [0.2, 0.25) is 0 Å². The van der Waals surface area contributed by atoms with Crippen molar-refractivity contribution >= 4 is 35.0 Å². The number of hydrogen-bond acceptors (Lipinski definition) is 8. The van der Waals surface area contributed by atoms with Gasteiger partial charge < -0.3 is 30.7 Å². The molecule has 5 atom stereocenters. The number of amides is 4. The SMILES string of the molecule is CNC(=O)[C@H](C)C[C@H](O)[C@H](CC1CCCCC1)NC(=O)[C@H](Cc1cscn1)NC(=O)[C@@H](CC(=O)N1CCOCC1)Cc1ccccc1. The molecule has 1 aromatic carbocycles. The molecule has 4 rings (SSSR count). The predicted octanol–water partition coefficient (Wildman–Crippen LogP) is 2.87. The van der Waals surface area contributed by atoms with Crippen LogP contribution in [0.1, 0.15) is 69.5 Å². The van der Waals surface area contributed by atoms with Gasteiger partial charge in [-0.05, 0) is 30.7 Å². The Morgan fingerprint density at radius 2 is 1.72 bits per heavy atom. The first-order valence-electron chi connectivity index (χ1n) is 17.0. The minimum Gasteiger partial charge on any atom is -0.391 e. The number of rotatable bonds is 16. The minimum absolute atomic E-state index is 0.00612. The molecule has 1 saturated carbocycles. The van der Waals surface area contributed by atoms with E-state index in [4.69, 9.17) is 4.74 Å². The van der Waals surface area contributed by atoms with Gasteiger partial charge in [0.15, 0.2) is 0 Å². The molecule has 1 saturated heterocycles. The normalized spacial score (nSPS) is 18.7. The van der Waals surface area contributed by atoms with Crippen LogP contribution in [-0.2, 0) is 36.8 Å². The summed E-state index contributed by atoms with van der Waals surface area (Å²) in [5, 5.41) is 21.9. The van der Waals surface area contributed by atoms with Crippen LogP contribution in [-0.4, -0.2) is 90.2 Å². The Morgan fingerprint density at radius 1 is 1.00 bits per heavy atom. The number of aliphatic hydroxyl groups is 1. The standard InChI is InChI=1S/C35H51N5O6S/c1-24(33(43)36-2)17-31(41)29(19-26-11-7-4-8-12-26)38-35(45)30(21-28-22-47-23-37-28)39-34(44)27(18-25-9-5-3-6-10-25)20-32(42)40-13-15-46-16-14-40/h3,5-6,9-10,22-24,26-27,29-31,41H,4,7-8,11-21H2,1-2H3,(H,36,43)(H,38,45)(H,39,44)/t24-,27-,29+,30+,31+/m1/s1. The highest BCUT2D eigenvalue weighted by atomic mass is 32.1. The number of nitrogens with one attached hydrogen (secondary N) is 3. The van der Waals surface area contributed by atoms with Crippen LogP contribution >= 0.6 is 11.3 Å². The smallest absolute Gasteiger partial charge is 0.243 e. The molecule has 1 aromatic heterocycles. The first-order chi connectivity index (χ1) is 22.7. The molecule has 258 valence electrons. The van der Waals surface area contributed by atoms with Crippen LogP contribution in [0.3, 0.4) is 0 Å². The second kappa shape index (κ2) is 18.8. The van der Waals surface area contributed by atoms with Crippen LogP contribution in [0.5, 0.6) is 0 Å². The number of hydrogen-bond donors (Lipinski definition) is 4. The Morgan fingerprint density at radius 3 is 2.38 bits per heavy atom. The summed E-state index contributed by atoms with van der Waals surface area (Å²) < 4.78 is 5.40. The van der Waals surface area contributed by atoms with E-state index in [2.05, 4.69) is 20.9 Å². The molecule has 12 heteroatoms. The van der Waals surface area contributed by atoms with Crippen LogP contribution < -0.4 is 16.0 Å². The molecule has 0 spiro atoms. The lowest BCUT2D eigenvalue weighted by molar-refractivity contribution is -0.140. The lowest BCUT2D eigenvalue weighted by Crippen LogP contribution is -2.55. The van der Waals surface area contributed by atoms with E-state index in [-0.39, 0.29) is 37.0 Å². The summed E-state index contributed by atoms with van der Waals surface area (Å²) in [6.07, 6.45) is 5.83. The van der Waals surface area contributed by atoms with Gasteiger partial charge in [0.1, 0.15) is 6.04 Å². The van der Waals surface area contributed by atoms with E-state index < -0.39 is 35.9 Å². The molecule has 0 bridgehead atoms. The topological polar surface area (TPSA) is 150 Å². The lowest BCUT2D eigenvalue weighted by Gasteiger charge is -2.32. The first kappa shape index (κ1) is 36.5. The number of aliphatic hydroxyl groups excluding tert-OH is 1. The summed E-state index contributed by atoms with van der Waals surface area (Å²) in [7, 11) is 1.57. The fourth-order valence-corrected chi connectivity index (χ4v) is 7.18. The third-order valence-electron chi connectivity index (χ3n) is 9.40. The Labute approximate surface area is 282 Å². The van der Waals surface area contributed by atoms with Crippen molar-refractivity contribution in [2.24, 2.45) is 17.8 Å². The zero-order valence-corrected chi connectivity index (χ0v) is 28.5. The van der Waals surface area contributed by atoms with Gasteiger partial charge in [-0.15, -0.1) is 11.3 Å². The maximum absolute atomic E-state index is 14.1. The van der Waals surface area contributed by atoms with Crippen molar-refractivity contribution in [2.75, 3.05) is 33.4 Å². The fraction of sp³-hybridized carbons (Fsp3) is 0.629. The number of nitrogens with zero attached hydrogens (tertiary/aromatic N) is 2. The molecule has 1 aliphatic carbocycles. The zero-order chi connectivity index (χ0) is 33.6. The van der Waals surface area contributed by atoms with Crippen LogP contribution in [0, 0.1) is 17.8 Å². The molecule has 2 aliphatic rings. The summed E-state index contributed by atoms with van der Waals surface area (Å²) >= 11 is 1.40. The maximum Gasteiger partial charge on any atom is 0.243 e. The van der Waals surface area contributed by atoms with E-state index in [0.29, 0.717) is 50.8 Å². The average molecular weight is 670 g/mol. The maximum atomic E-state index is 14.1. The molecular weight excluding hydrogens is 618 g/mol. The van der Waals surface area contributed by atoms with Crippen LogP contribution in [0.4, 0.5) is 0 Å². The average Bonchev–Trinajstić information content (AvgIpc) is 3.61. The molecule has 4 N–H and O–H groups in total. The Hall–Kier alpha value is -3.35. The summed E-state index contributed by atoms with van der Waals surface area (Å²) in [6.45, 7) is 3.66. The number of morpholine rings is 1. The molecule has 2 fully saturated rings. The number of aromatic nitrogens is 1. The van der Waals surface area contributed by atoms with E-state index in [1.54, 1.807) is 24.4 Å². The third-order valence-corrected chi connectivity index (χ3v) is 10.0. The quantitative estimate of drug-likeness (QED) is 0.215. The summed E-state index contributed by atoms with van der Waals surface area (Å²) in [5.74, 6) is -1.88. The van der Waals surface area contributed by atoms with Crippen molar-refractivity contribution in [1.29, 1.82) is 0 Å². The zero-order valence-electron chi connectivity index (χ0n) is 27.7. The Balaban J connectivity index is 1.53. The van der Waals surface area contributed by atoms with Gasteiger partial charge in [0, 0.05) is 44.3 Å². The minimum atomic E-state index is -0.973. The van der Waals surface area contributed by atoms with Crippen LogP contribution in [0.25, 0.3) is 0 Å². The monoisotopic (exact) mass is 669 g/mol. The van der Waals surface area contributed by atoms with Gasteiger partial charge in [0.25, 0.3) is 0 Å². The van der Waals surface area contributed by atoms with Gasteiger partial charge >= 0.3 is 0 Å². The molecule has 2 aromatic rings. The molecule has 0 unspecified atom stereocenters. The van der Waals surface area contributed by atoms with Gasteiger partial charge in [-0.2, -0.15) is 0 Å². The Kier molecular flexibility index (Phi) is 14.6. The van der Waals surface area contributed by atoms with Gasteiger partial charge in [-0.3, -0.25) is 19.2 Å². The van der Waals surface area contributed by atoms with Crippen molar-refractivity contribution < 1.29 is 29.0 Å².